The van der Waals surface area contributed by atoms with Crippen LogP contribution in [0.4, 0.5) is 4.39 Å². The van der Waals surface area contributed by atoms with Crippen molar-refractivity contribution in [2.75, 3.05) is 19.7 Å². The van der Waals surface area contributed by atoms with Gasteiger partial charge in [-0.15, -0.1) is 0 Å². The summed E-state index contributed by atoms with van der Waals surface area (Å²) in [6.45, 7) is 1.87. The summed E-state index contributed by atoms with van der Waals surface area (Å²) in [6.07, 6.45) is 5.16. The van der Waals surface area contributed by atoms with Gasteiger partial charge in [-0.2, -0.15) is 0 Å². The Hall–Kier alpha value is -3.02. The van der Waals surface area contributed by atoms with Gasteiger partial charge in [-0.1, -0.05) is 6.07 Å². The highest BCUT2D eigenvalue weighted by molar-refractivity contribution is 6.04. The van der Waals surface area contributed by atoms with E-state index in [4.69, 9.17) is 4.74 Å². The minimum absolute atomic E-state index is 0.0208. The molecule has 0 unspecified atom stereocenters. The molecule has 138 valence electrons. The average molecular weight is 365 g/mol. The molecule has 1 amide bonds. The first kappa shape index (κ1) is 17.4. The molecule has 0 spiro atoms. The van der Waals surface area contributed by atoms with Crippen molar-refractivity contribution in [3.8, 4) is 5.75 Å². The van der Waals surface area contributed by atoms with E-state index < -0.39 is 0 Å². The van der Waals surface area contributed by atoms with Crippen LogP contribution >= 0.6 is 0 Å². The van der Waals surface area contributed by atoms with E-state index in [-0.39, 0.29) is 17.6 Å². The normalized spacial score (nSPS) is 17.1. The fraction of sp³-hybridized carbons (Fsp3) is 0.286. The predicted molar refractivity (Wildman–Crippen MR) is 100 cm³/mol. The molecular weight excluding hydrogens is 345 g/mol. The molecule has 3 aromatic rings. The zero-order valence-electron chi connectivity index (χ0n) is 14.8. The number of benzene rings is 2. The van der Waals surface area contributed by atoms with Crippen LogP contribution in [0.5, 0.6) is 5.75 Å². The van der Waals surface area contributed by atoms with Gasteiger partial charge < -0.3 is 9.64 Å². The van der Waals surface area contributed by atoms with E-state index in [9.17, 15) is 9.18 Å². The average Bonchev–Trinajstić information content (AvgIpc) is 2.72. The van der Waals surface area contributed by atoms with Crippen LogP contribution in [0.25, 0.3) is 11.0 Å². The molecule has 4 rings (SSSR count). The van der Waals surface area contributed by atoms with Crippen LogP contribution < -0.4 is 4.74 Å². The topological polar surface area (TPSA) is 55.3 Å². The maximum atomic E-state index is 13.0. The number of rotatable bonds is 4. The molecule has 0 bridgehead atoms. The van der Waals surface area contributed by atoms with Crippen molar-refractivity contribution in [2.45, 2.75) is 12.8 Å². The molecule has 0 saturated carbocycles. The highest BCUT2D eigenvalue weighted by Gasteiger charge is 2.26. The highest BCUT2D eigenvalue weighted by Crippen LogP contribution is 2.22. The van der Waals surface area contributed by atoms with Crippen molar-refractivity contribution < 1.29 is 13.9 Å². The fourth-order valence-electron chi connectivity index (χ4n) is 3.47. The number of fused-ring (bicyclic) bond motifs is 1. The van der Waals surface area contributed by atoms with Crippen molar-refractivity contribution in [3.63, 3.8) is 0 Å². The molecule has 6 heteroatoms. The molecule has 1 saturated heterocycles. The van der Waals surface area contributed by atoms with Crippen LogP contribution in [0.1, 0.15) is 23.2 Å². The molecule has 2 aromatic carbocycles. The van der Waals surface area contributed by atoms with Crippen LogP contribution in [0.3, 0.4) is 0 Å². The largest absolute Gasteiger partial charge is 0.493 e. The van der Waals surface area contributed by atoms with Gasteiger partial charge in [0.25, 0.3) is 5.91 Å². The lowest BCUT2D eigenvalue weighted by atomic mass is 9.98. The van der Waals surface area contributed by atoms with Gasteiger partial charge in [0, 0.05) is 31.4 Å². The van der Waals surface area contributed by atoms with Crippen LogP contribution in [0.2, 0.25) is 0 Å². The van der Waals surface area contributed by atoms with Crippen LogP contribution in [0, 0.1) is 11.7 Å². The number of carbonyl (C=O) groups excluding carboxylic acids is 1. The van der Waals surface area contributed by atoms with E-state index in [1.165, 1.54) is 12.1 Å². The summed E-state index contributed by atoms with van der Waals surface area (Å²) in [5, 5.41) is 0. The van der Waals surface area contributed by atoms with E-state index in [0.29, 0.717) is 30.0 Å². The summed E-state index contributed by atoms with van der Waals surface area (Å²) in [6, 6.07) is 11.5. The Morgan fingerprint density at radius 1 is 1.15 bits per heavy atom. The van der Waals surface area contributed by atoms with E-state index in [2.05, 4.69) is 9.97 Å². The Bertz CT molecular complexity index is 940. The van der Waals surface area contributed by atoms with E-state index in [1.807, 2.05) is 17.0 Å². The lowest BCUT2D eigenvalue weighted by Gasteiger charge is -2.32. The number of halogens is 1. The molecule has 0 N–H and O–H groups in total. The Morgan fingerprint density at radius 3 is 2.81 bits per heavy atom. The number of amides is 1. The molecule has 1 aromatic heterocycles. The van der Waals surface area contributed by atoms with Gasteiger partial charge in [0.1, 0.15) is 17.1 Å². The molecule has 2 heterocycles. The van der Waals surface area contributed by atoms with Gasteiger partial charge in [-0.25, -0.2) is 4.39 Å². The third-order valence-electron chi connectivity index (χ3n) is 4.83. The second-order valence-corrected chi connectivity index (χ2v) is 6.75. The highest BCUT2D eigenvalue weighted by atomic mass is 19.1. The monoisotopic (exact) mass is 365 g/mol. The summed E-state index contributed by atoms with van der Waals surface area (Å²) in [5.41, 5.74) is 1.94. The number of carbonyl (C=O) groups is 1. The quantitative estimate of drug-likeness (QED) is 0.707. The van der Waals surface area contributed by atoms with Gasteiger partial charge >= 0.3 is 0 Å². The second-order valence-electron chi connectivity index (χ2n) is 6.75. The number of aromatic nitrogens is 2. The van der Waals surface area contributed by atoms with Crippen LogP contribution in [-0.2, 0) is 0 Å². The van der Waals surface area contributed by atoms with Crippen LogP contribution in [0.15, 0.2) is 54.9 Å². The summed E-state index contributed by atoms with van der Waals surface area (Å²) in [5.74, 6) is 0.584. The molecule has 0 radical (unpaired) electrons. The number of hydrogen-bond donors (Lipinski definition) is 0. The third-order valence-corrected chi connectivity index (χ3v) is 4.83. The van der Waals surface area contributed by atoms with Gasteiger partial charge in [0.15, 0.2) is 0 Å². The maximum absolute atomic E-state index is 13.0. The molecule has 1 aliphatic rings. The lowest BCUT2D eigenvalue weighted by Crippen LogP contribution is -2.41. The van der Waals surface area contributed by atoms with Crippen molar-refractivity contribution >= 4 is 16.9 Å². The SMILES string of the molecule is O=C(c1cccc2nccnc12)N1CCC[C@H](COc2ccc(F)cc2)C1. The summed E-state index contributed by atoms with van der Waals surface area (Å²) < 4.78 is 18.8. The van der Waals surface area contributed by atoms with Crippen molar-refractivity contribution in [1.82, 2.24) is 14.9 Å². The van der Waals surface area contributed by atoms with E-state index >= 15 is 0 Å². The zero-order valence-corrected chi connectivity index (χ0v) is 14.8. The zero-order chi connectivity index (χ0) is 18.6. The Labute approximate surface area is 156 Å². The molecule has 1 aliphatic heterocycles. The first-order valence-corrected chi connectivity index (χ1v) is 9.08. The fourth-order valence-corrected chi connectivity index (χ4v) is 3.47. The number of piperidine rings is 1. The first-order valence-electron chi connectivity index (χ1n) is 9.08. The van der Waals surface area contributed by atoms with Gasteiger partial charge in [-0.05, 0) is 49.2 Å². The molecule has 5 nitrogen and oxygen atoms in total. The van der Waals surface area contributed by atoms with E-state index in [0.717, 1.165) is 24.9 Å². The summed E-state index contributed by atoms with van der Waals surface area (Å²) in [4.78, 5) is 23.5. The number of nitrogens with zero attached hydrogens (tertiary/aromatic N) is 3. The number of ether oxygens (including phenoxy) is 1. The van der Waals surface area contributed by atoms with Crippen molar-refractivity contribution in [1.29, 1.82) is 0 Å². The smallest absolute Gasteiger partial charge is 0.256 e. The first-order chi connectivity index (χ1) is 13.2. The second kappa shape index (κ2) is 7.70. The van der Waals surface area contributed by atoms with Gasteiger partial charge in [0.2, 0.25) is 0 Å². The van der Waals surface area contributed by atoms with Crippen molar-refractivity contribution in [3.05, 3.63) is 66.2 Å². The van der Waals surface area contributed by atoms with Crippen molar-refractivity contribution in [2.24, 2.45) is 5.92 Å². The Balaban J connectivity index is 1.44. The molecular formula is C21H20FN3O2. The number of hydrogen-bond acceptors (Lipinski definition) is 4. The maximum Gasteiger partial charge on any atom is 0.256 e. The number of likely N-dealkylation sites (tertiary alicyclic amines) is 1. The predicted octanol–water partition coefficient (Wildman–Crippen LogP) is 3.70. The van der Waals surface area contributed by atoms with Crippen LogP contribution in [-0.4, -0.2) is 40.5 Å². The van der Waals surface area contributed by atoms with Gasteiger partial charge in [0.05, 0.1) is 17.7 Å². The van der Waals surface area contributed by atoms with E-state index in [1.54, 1.807) is 30.6 Å². The summed E-state index contributed by atoms with van der Waals surface area (Å²) in [7, 11) is 0. The molecule has 1 atom stereocenters. The Kier molecular flexibility index (Phi) is 4.96. The minimum Gasteiger partial charge on any atom is -0.493 e. The summed E-state index contributed by atoms with van der Waals surface area (Å²) >= 11 is 0. The molecule has 1 fully saturated rings. The Morgan fingerprint density at radius 2 is 1.96 bits per heavy atom. The molecule has 0 aliphatic carbocycles. The molecule has 27 heavy (non-hydrogen) atoms. The lowest BCUT2D eigenvalue weighted by molar-refractivity contribution is 0.0635. The minimum atomic E-state index is -0.282. The third kappa shape index (κ3) is 3.89. The number of para-hydroxylation sites is 1. The van der Waals surface area contributed by atoms with Gasteiger partial charge in [-0.3, -0.25) is 14.8 Å². The standard InChI is InChI=1S/C21H20FN3O2/c22-16-6-8-17(9-7-16)27-14-15-3-2-12-25(13-15)21(26)18-4-1-5-19-20(18)24-11-10-23-19/h1,4-11,15H,2-3,12-14H2/t15-/m0/s1.